The van der Waals surface area contributed by atoms with Crippen molar-refractivity contribution in [1.29, 1.82) is 0 Å². The summed E-state index contributed by atoms with van der Waals surface area (Å²) < 4.78 is 1.84. The first-order valence-corrected chi connectivity index (χ1v) is 7.93. The molecule has 1 unspecified atom stereocenters. The average molecular weight is 400 g/mol. The maximum atomic E-state index is 5.67. The first-order valence-electron chi connectivity index (χ1n) is 6.35. The third-order valence-electron chi connectivity index (χ3n) is 3.08. The number of hydrazine groups is 1. The normalized spacial score (nSPS) is 12.4. The molecule has 2 rings (SSSR count). The predicted octanol–water partition coefficient (Wildman–Crippen LogP) is 3.31. The van der Waals surface area contributed by atoms with Crippen molar-refractivity contribution in [3.8, 4) is 0 Å². The SMILES string of the molecule is CCc1ccc(CC(NN)c2ncc(Br)cc2Br)nc1. The van der Waals surface area contributed by atoms with Crippen molar-refractivity contribution in [3.63, 3.8) is 0 Å². The second kappa shape index (κ2) is 7.26. The van der Waals surface area contributed by atoms with E-state index in [-0.39, 0.29) is 6.04 Å². The number of aryl methyl sites for hydroxylation is 1. The van der Waals surface area contributed by atoms with Gasteiger partial charge in [-0.15, -0.1) is 0 Å². The summed E-state index contributed by atoms with van der Waals surface area (Å²) in [5, 5.41) is 0. The zero-order chi connectivity index (χ0) is 14.5. The van der Waals surface area contributed by atoms with E-state index in [9.17, 15) is 0 Å². The summed E-state index contributed by atoms with van der Waals surface area (Å²) >= 11 is 6.91. The van der Waals surface area contributed by atoms with Crippen LogP contribution in [0.1, 0.15) is 29.9 Å². The van der Waals surface area contributed by atoms with Crippen LogP contribution in [0.5, 0.6) is 0 Å². The molecule has 0 radical (unpaired) electrons. The topological polar surface area (TPSA) is 63.8 Å². The van der Waals surface area contributed by atoms with Crippen molar-refractivity contribution in [2.45, 2.75) is 25.8 Å². The molecule has 0 amide bonds. The van der Waals surface area contributed by atoms with Gasteiger partial charge in [0.15, 0.2) is 0 Å². The molecule has 20 heavy (non-hydrogen) atoms. The molecule has 4 nitrogen and oxygen atoms in total. The van der Waals surface area contributed by atoms with Gasteiger partial charge in [-0.2, -0.15) is 0 Å². The lowest BCUT2D eigenvalue weighted by Gasteiger charge is -2.16. The fraction of sp³-hybridized carbons (Fsp3) is 0.286. The van der Waals surface area contributed by atoms with E-state index >= 15 is 0 Å². The molecular formula is C14H16Br2N4. The summed E-state index contributed by atoms with van der Waals surface area (Å²) in [4.78, 5) is 8.88. The number of hydrogen-bond donors (Lipinski definition) is 2. The van der Waals surface area contributed by atoms with Crippen LogP contribution in [0.2, 0.25) is 0 Å². The quantitative estimate of drug-likeness (QED) is 0.597. The van der Waals surface area contributed by atoms with Gasteiger partial charge in [-0.3, -0.25) is 21.2 Å². The number of nitrogens with zero attached hydrogens (tertiary/aromatic N) is 2. The van der Waals surface area contributed by atoms with Gasteiger partial charge in [0.25, 0.3) is 0 Å². The van der Waals surface area contributed by atoms with E-state index in [0.29, 0.717) is 6.42 Å². The Morgan fingerprint density at radius 1 is 1.25 bits per heavy atom. The average Bonchev–Trinajstić information content (AvgIpc) is 2.46. The zero-order valence-electron chi connectivity index (χ0n) is 11.1. The van der Waals surface area contributed by atoms with E-state index in [1.807, 2.05) is 18.3 Å². The van der Waals surface area contributed by atoms with Crippen LogP contribution in [0.3, 0.4) is 0 Å². The number of halogens is 2. The molecule has 6 heteroatoms. The molecule has 0 aliphatic carbocycles. The van der Waals surface area contributed by atoms with Crippen molar-refractivity contribution in [2.24, 2.45) is 5.84 Å². The minimum atomic E-state index is -0.0857. The minimum Gasteiger partial charge on any atom is -0.271 e. The fourth-order valence-corrected chi connectivity index (χ4v) is 3.17. The highest BCUT2D eigenvalue weighted by atomic mass is 79.9. The third-order valence-corrected chi connectivity index (χ3v) is 4.14. The van der Waals surface area contributed by atoms with Crippen LogP contribution < -0.4 is 11.3 Å². The maximum absolute atomic E-state index is 5.67. The molecule has 0 aliphatic heterocycles. The molecule has 2 heterocycles. The molecule has 0 bridgehead atoms. The Balaban J connectivity index is 2.19. The Bertz CT molecular complexity index is 572. The molecule has 106 valence electrons. The van der Waals surface area contributed by atoms with E-state index in [1.165, 1.54) is 5.56 Å². The number of aromatic nitrogens is 2. The van der Waals surface area contributed by atoms with Gasteiger partial charge < -0.3 is 0 Å². The molecule has 0 spiro atoms. The van der Waals surface area contributed by atoms with Crippen molar-refractivity contribution in [1.82, 2.24) is 15.4 Å². The standard InChI is InChI=1S/C14H16Br2N4/c1-2-9-3-4-11(18-7-9)6-13(20-17)14-12(16)5-10(15)8-19-14/h3-5,7-8,13,20H,2,6,17H2,1H3. The van der Waals surface area contributed by atoms with Crippen LogP contribution in [0.25, 0.3) is 0 Å². The second-order valence-corrected chi connectivity index (χ2v) is 6.23. The van der Waals surface area contributed by atoms with Crippen LogP contribution in [0.4, 0.5) is 0 Å². The van der Waals surface area contributed by atoms with Gasteiger partial charge >= 0.3 is 0 Å². The Labute approximate surface area is 135 Å². The molecule has 1 atom stereocenters. The van der Waals surface area contributed by atoms with E-state index in [1.54, 1.807) is 6.20 Å². The summed E-state index contributed by atoms with van der Waals surface area (Å²) in [6, 6.07) is 6.01. The van der Waals surface area contributed by atoms with Crippen LogP contribution in [0.15, 0.2) is 39.5 Å². The van der Waals surface area contributed by atoms with Gasteiger partial charge in [0, 0.05) is 33.5 Å². The van der Waals surface area contributed by atoms with Crippen molar-refractivity contribution >= 4 is 31.9 Å². The van der Waals surface area contributed by atoms with Gasteiger partial charge in [-0.05, 0) is 56.0 Å². The molecule has 3 N–H and O–H groups in total. The van der Waals surface area contributed by atoms with Crippen molar-refractivity contribution < 1.29 is 0 Å². The lowest BCUT2D eigenvalue weighted by molar-refractivity contribution is 0.530. The molecule has 2 aromatic heterocycles. The smallest absolute Gasteiger partial charge is 0.0733 e. The van der Waals surface area contributed by atoms with Crippen LogP contribution in [0, 0.1) is 0 Å². The van der Waals surface area contributed by atoms with Crippen LogP contribution in [-0.4, -0.2) is 9.97 Å². The van der Waals surface area contributed by atoms with E-state index in [0.717, 1.165) is 26.8 Å². The van der Waals surface area contributed by atoms with E-state index < -0.39 is 0 Å². The molecule has 0 aliphatic rings. The number of nitrogens with one attached hydrogen (secondary N) is 1. The first-order chi connectivity index (χ1) is 9.63. The Morgan fingerprint density at radius 2 is 2.05 bits per heavy atom. The monoisotopic (exact) mass is 398 g/mol. The minimum absolute atomic E-state index is 0.0857. The molecule has 0 saturated heterocycles. The maximum Gasteiger partial charge on any atom is 0.0733 e. The zero-order valence-corrected chi connectivity index (χ0v) is 14.3. The molecule has 0 aromatic carbocycles. The number of hydrogen-bond acceptors (Lipinski definition) is 4. The van der Waals surface area contributed by atoms with Gasteiger partial charge in [-0.25, -0.2) is 0 Å². The lowest BCUT2D eigenvalue weighted by Crippen LogP contribution is -2.30. The summed E-state index contributed by atoms with van der Waals surface area (Å²) in [7, 11) is 0. The van der Waals surface area contributed by atoms with E-state index in [4.69, 9.17) is 5.84 Å². The number of pyridine rings is 2. The predicted molar refractivity (Wildman–Crippen MR) is 87.0 cm³/mol. The van der Waals surface area contributed by atoms with Gasteiger partial charge in [0.1, 0.15) is 0 Å². The Morgan fingerprint density at radius 3 is 2.60 bits per heavy atom. The van der Waals surface area contributed by atoms with E-state index in [2.05, 4.69) is 60.2 Å². The third kappa shape index (κ3) is 3.85. The summed E-state index contributed by atoms with van der Waals surface area (Å²) in [5.74, 6) is 5.67. The molecular weight excluding hydrogens is 384 g/mol. The van der Waals surface area contributed by atoms with Crippen LogP contribution in [-0.2, 0) is 12.8 Å². The first kappa shape index (κ1) is 15.6. The van der Waals surface area contributed by atoms with Crippen molar-refractivity contribution in [3.05, 3.63) is 56.5 Å². The van der Waals surface area contributed by atoms with Gasteiger partial charge in [0.2, 0.25) is 0 Å². The molecule has 0 saturated carbocycles. The Kier molecular flexibility index (Phi) is 5.65. The number of nitrogens with two attached hydrogens (primary N) is 1. The largest absolute Gasteiger partial charge is 0.271 e. The summed E-state index contributed by atoms with van der Waals surface area (Å²) in [5.41, 5.74) is 5.90. The fourth-order valence-electron chi connectivity index (χ4n) is 1.91. The molecule has 0 fully saturated rings. The second-order valence-electron chi connectivity index (χ2n) is 4.46. The van der Waals surface area contributed by atoms with Crippen molar-refractivity contribution in [2.75, 3.05) is 0 Å². The highest BCUT2D eigenvalue weighted by Crippen LogP contribution is 2.26. The van der Waals surface area contributed by atoms with Gasteiger partial charge in [0.05, 0.1) is 11.7 Å². The summed E-state index contributed by atoms with van der Waals surface area (Å²) in [6.45, 7) is 2.11. The molecule has 2 aromatic rings. The highest BCUT2D eigenvalue weighted by Gasteiger charge is 2.16. The number of rotatable bonds is 5. The summed E-state index contributed by atoms with van der Waals surface area (Å²) in [6.07, 6.45) is 5.35. The highest BCUT2D eigenvalue weighted by molar-refractivity contribution is 9.11. The van der Waals surface area contributed by atoms with Crippen LogP contribution >= 0.6 is 31.9 Å². The lowest BCUT2D eigenvalue weighted by atomic mass is 10.1. The van der Waals surface area contributed by atoms with Gasteiger partial charge in [-0.1, -0.05) is 13.0 Å². The Hall–Kier alpha value is -0.820.